The van der Waals surface area contributed by atoms with Gasteiger partial charge in [0.15, 0.2) is 12.2 Å². The quantitative estimate of drug-likeness (QED) is 0.253. The highest BCUT2D eigenvalue weighted by atomic mass is 32.1. The van der Waals surface area contributed by atoms with Crippen LogP contribution in [0.5, 0.6) is 0 Å². The van der Waals surface area contributed by atoms with E-state index in [2.05, 4.69) is 30.6 Å². The number of rotatable bonds is 13. The van der Waals surface area contributed by atoms with Gasteiger partial charge in [0.1, 0.15) is 0 Å². The average molecular weight is 527 g/mol. The molecule has 6 nitrogen and oxygen atoms in total. The van der Waals surface area contributed by atoms with Crippen molar-refractivity contribution < 1.29 is 19.8 Å². The Balaban J connectivity index is 0.00000217. The van der Waals surface area contributed by atoms with Crippen molar-refractivity contribution in [3.05, 3.63) is 94.7 Å². The van der Waals surface area contributed by atoms with Crippen molar-refractivity contribution in [2.45, 2.75) is 71.8 Å². The van der Waals surface area contributed by atoms with Crippen molar-refractivity contribution in [1.82, 2.24) is 10.2 Å². The fourth-order valence-electron chi connectivity index (χ4n) is 3.51. The molecule has 0 aliphatic heterocycles. The van der Waals surface area contributed by atoms with Crippen LogP contribution in [0.2, 0.25) is 0 Å². The lowest BCUT2D eigenvalue weighted by Gasteiger charge is -2.32. The number of hydrogen-bond acceptors (Lipinski definition) is 5. The molecule has 0 radical (unpaired) electrons. The number of allylic oxidation sites excluding steroid dienone is 2. The van der Waals surface area contributed by atoms with Crippen LogP contribution in [0.25, 0.3) is 0 Å². The van der Waals surface area contributed by atoms with E-state index in [9.17, 15) is 19.8 Å². The fraction of sp³-hybridized carbons (Fsp3) is 0.400. The smallest absolute Gasteiger partial charge is 0.255 e. The largest absolute Gasteiger partial charge is 0.380 e. The number of benzene rings is 1. The third kappa shape index (κ3) is 10.9. The maximum atomic E-state index is 13.0. The van der Waals surface area contributed by atoms with E-state index >= 15 is 0 Å². The Morgan fingerprint density at radius 2 is 1.70 bits per heavy atom. The van der Waals surface area contributed by atoms with Gasteiger partial charge in [-0.2, -0.15) is 0 Å². The first kappa shape index (κ1) is 32.0. The van der Waals surface area contributed by atoms with Gasteiger partial charge in [-0.3, -0.25) is 9.59 Å². The first-order valence-corrected chi connectivity index (χ1v) is 13.5. The maximum Gasteiger partial charge on any atom is 0.255 e. The van der Waals surface area contributed by atoms with Crippen LogP contribution >= 0.6 is 11.3 Å². The first-order valence-electron chi connectivity index (χ1n) is 12.6. The Morgan fingerprint density at radius 1 is 1.08 bits per heavy atom. The summed E-state index contributed by atoms with van der Waals surface area (Å²) in [5.41, 5.74) is 1.91. The molecular formula is C30H42N2O4S. The minimum absolute atomic E-state index is 0.213. The Bertz CT molecular complexity index is 1020. The number of nitrogens with one attached hydrogen (secondary N) is 1. The second kappa shape index (κ2) is 17.5. The number of hydrogen-bond donors (Lipinski definition) is 3. The summed E-state index contributed by atoms with van der Waals surface area (Å²) in [5, 5.41) is 23.5. The molecule has 1 heterocycles. The number of thiophene rings is 1. The van der Waals surface area contributed by atoms with Crippen molar-refractivity contribution in [3.8, 4) is 0 Å². The van der Waals surface area contributed by atoms with Gasteiger partial charge in [-0.25, -0.2) is 0 Å². The number of carbonyl (C=O) groups is 2. The molecule has 37 heavy (non-hydrogen) atoms. The summed E-state index contributed by atoms with van der Waals surface area (Å²) in [4.78, 5) is 29.0. The van der Waals surface area contributed by atoms with Gasteiger partial charge in [0.05, 0.1) is 12.6 Å². The minimum Gasteiger partial charge on any atom is -0.380 e. The van der Waals surface area contributed by atoms with Crippen LogP contribution in [0, 0.1) is 0 Å². The second-order valence-electron chi connectivity index (χ2n) is 8.68. The van der Waals surface area contributed by atoms with Crippen molar-refractivity contribution in [1.29, 1.82) is 0 Å². The highest BCUT2D eigenvalue weighted by Gasteiger charge is 2.35. The predicted octanol–water partition coefficient (Wildman–Crippen LogP) is 5.02. The topological polar surface area (TPSA) is 89.9 Å². The molecule has 0 saturated carbocycles. The number of nitrogens with zero attached hydrogens (tertiary/aromatic N) is 1. The van der Waals surface area contributed by atoms with Crippen molar-refractivity contribution in [3.63, 3.8) is 0 Å². The van der Waals surface area contributed by atoms with Crippen LogP contribution < -0.4 is 5.32 Å². The summed E-state index contributed by atoms with van der Waals surface area (Å²) in [6.07, 6.45) is 4.07. The number of unbranched alkanes of at least 4 members (excludes halogenated alkanes) is 1. The zero-order valence-corrected chi connectivity index (χ0v) is 23.3. The average Bonchev–Trinajstić information content (AvgIpc) is 3.34. The molecule has 3 atom stereocenters. The van der Waals surface area contributed by atoms with Gasteiger partial charge >= 0.3 is 0 Å². The second-order valence-corrected chi connectivity index (χ2v) is 9.94. The van der Waals surface area contributed by atoms with Gasteiger partial charge in [0.2, 0.25) is 0 Å². The summed E-state index contributed by atoms with van der Waals surface area (Å²) in [6.45, 7) is 15.5. The molecule has 0 fully saturated rings. The normalized spacial score (nSPS) is 13.1. The van der Waals surface area contributed by atoms with Gasteiger partial charge in [0.25, 0.3) is 11.8 Å². The molecule has 2 amide bonds. The standard InChI is InChI=1S/C27H36N2O4S.C3H6/c1-5-7-16-29(20(4)19(3)11-6-2)27(33)25(31)24(30)26(32)28-18-23-15-14-22(34-23)17-21-12-9-8-10-13-21;1-3-2/h6,8-15,20,24-25,30-31H,3,5,7,16-18H2,1-2,4H3,(H,28,32);3H,1H2,2H3/b11-6-;. The highest BCUT2D eigenvalue weighted by Crippen LogP contribution is 2.20. The molecule has 7 heteroatoms. The van der Waals surface area contributed by atoms with Crippen molar-refractivity contribution in [2.24, 2.45) is 0 Å². The van der Waals surface area contributed by atoms with E-state index in [-0.39, 0.29) is 12.6 Å². The number of carbonyl (C=O) groups excluding carboxylic acids is 2. The Morgan fingerprint density at radius 3 is 2.30 bits per heavy atom. The predicted molar refractivity (Wildman–Crippen MR) is 153 cm³/mol. The zero-order valence-electron chi connectivity index (χ0n) is 22.5. The van der Waals surface area contributed by atoms with Crippen LogP contribution in [0.15, 0.2) is 79.4 Å². The lowest BCUT2D eigenvalue weighted by atomic mass is 10.0. The van der Waals surface area contributed by atoms with Crippen LogP contribution in [-0.4, -0.2) is 51.7 Å². The van der Waals surface area contributed by atoms with Crippen LogP contribution in [0.3, 0.4) is 0 Å². The number of aliphatic hydroxyl groups is 2. The highest BCUT2D eigenvalue weighted by molar-refractivity contribution is 7.12. The Labute approximate surface area is 226 Å². The van der Waals surface area contributed by atoms with Crippen LogP contribution in [0.4, 0.5) is 0 Å². The Kier molecular flexibility index (Phi) is 15.1. The maximum absolute atomic E-state index is 13.0. The molecule has 0 aliphatic carbocycles. The molecule has 0 spiro atoms. The van der Waals surface area contributed by atoms with E-state index in [1.807, 2.05) is 64.1 Å². The summed E-state index contributed by atoms with van der Waals surface area (Å²) in [5.74, 6) is -1.47. The summed E-state index contributed by atoms with van der Waals surface area (Å²) in [6, 6.07) is 13.7. The van der Waals surface area contributed by atoms with Crippen molar-refractivity contribution in [2.75, 3.05) is 6.54 Å². The number of aliphatic hydroxyl groups excluding tert-OH is 2. The van der Waals surface area contributed by atoms with Gasteiger partial charge in [0, 0.05) is 22.7 Å². The summed E-state index contributed by atoms with van der Waals surface area (Å²) >= 11 is 1.57. The van der Waals surface area contributed by atoms with E-state index < -0.39 is 24.0 Å². The minimum atomic E-state index is -1.86. The van der Waals surface area contributed by atoms with E-state index in [1.54, 1.807) is 23.5 Å². The molecular weight excluding hydrogens is 484 g/mol. The first-order chi connectivity index (χ1) is 17.7. The molecule has 1 aromatic carbocycles. The molecule has 2 aromatic rings. The lowest BCUT2D eigenvalue weighted by molar-refractivity contribution is -0.154. The van der Waals surface area contributed by atoms with Gasteiger partial charge in [-0.1, -0.05) is 68.5 Å². The number of amides is 2. The molecule has 0 aliphatic rings. The van der Waals surface area contributed by atoms with Crippen LogP contribution in [0.1, 0.15) is 55.9 Å². The van der Waals surface area contributed by atoms with E-state index in [0.29, 0.717) is 12.1 Å². The van der Waals surface area contributed by atoms with E-state index in [0.717, 1.165) is 29.0 Å². The zero-order chi connectivity index (χ0) is 27.8. The molecule has 0 saturated heterocycles. The summed E-state index contributed by atoms with van der Waals surface area (Å²) < 4.78 is 0. The molecule has 1 aromatic heterocycles. The summed E-state index contributed by atoms with van der Waals surface area (Å²) in [7, 11) is 0. The molecule has 3 N–H and O–H groups in total. The molecule has 2 rings (SSSR count). The SMILES string of the molecule is C=C(/C=C\C)C(C)N(CCCC)C(=O)C(O)C(O)C(=O)NCc1ccc(Cc2ccccc2)s1.C=CC. The Hall–Kier alpha value is -3.00. The van der Waals surface area contributed by atoms with E-state index in [4.69, 9.17) is 0 Å². The fourth-order valence-corrected chi connectivity index (χ4v) is 4.51. The van der Waals surface area contributed by atoms with Crippen molar-refractivity contribution >= 4 is 23.2 Å². The molecule has 202 valence electrons. The molecule has 0 bridgehead atoms. The third-order valence-corrected chi connectivity index (χ3v) is 6.70. The van der Waals surface area contributed by atoms with E-state index in [1.165, 1.54) is 10.5 Å². The van der Waals surface area contributed by atoms with Gasteiger partial charge in [-0.15, -0.1) is 17.9 Å². The molecule has 3 unspecified atom stereocenters. The van der Waals surface area contributed by atoms with Gasteiger partial charge < -0.3 is 20.4 Å². The third-order valence-electron chi connectivity index (χ3n) is 5.62. The van der Waals surface area contributed by atoms with Gasteiger partial charge in [-0.05, 0) is 50.5 Å². The lowest BCUT2D eigenvalue weighted by Crippen LogP contribution is -2.53. The van der Waals surface area contributed by atoms with Crippen LogP contribution in [-0.2, 0) is 22.6 Å². The monoisotopic (exact) mass is 526 g/mol.